The summed E-state index contributed by atoms with van der Waals surface area (Å²) >= 11 is 4.42. The van der Waals surface area contributed by atoms with Crippen molar-refractivity contribution in [2.45, 2.75) is 42.2 Å². The Labute approximate surface area is 108 Å². The fourth-order valence-electron chi connectivity index (χ4n) is 1.84. The van der Waals surface area contributed by atoms with Gasteiger partial charge in [0.25, 0.3) is 0 Å². The number of thiol groups is 1. The Kier molecular flexibility index (Phi) is 3.02. The van der Waals surface area contributed by atoms with E-state index in [1.54, 1.807) is 12.3 Å². The molecule has 0 radical (unpaired) electrons. The van der Waals surface area contributed by atoms with E-state index >= 15 is 0 Å². The van der Waals surface area contributed by atoms with Gasteiger partial charge in [-0.2, -0.15) is 12.6 Å². The maximum Gasteiger partial charge on any atom is 0.177 e. The van der Waals surface area contributed by atoms with Crippen LogP contribution in [-0.4, -0.2) is 19.7 Å². The Morgan fingerprint density at radius 3 is 2.41 bits per heavy atom. The van der Waals surface area contributed by atoms with Crippen molar-refractivity contribution in [3.8, 4) is 0 Å². The zero-order valence-corrected chi connectivity index (χ0v) is 12.0. The minimum atomic E-state index is -3.26. The van der Waals surface area contributed by atoms with Crippen molar-refractivity contribution < 1.29 is 8.42 Å². The van der Waals surface area contributed by atoms with E-state index in [0.29, 0.717) is 16.5 Å². The zero-order valence-electron chi connectivity index (χ0n) is 10.3. The van der Waals surface area contributed by atoms with E-state index in [2.05, 4.69) is 17.6 Å². The molecule has 94 valence electrons. The molecule has 0 atom stereocenters. The van der Waals surface area contributed by atoms with Crippen LogP contribution in [0.3, 0.4) is 0 Å². The number of nitrogens with zero attached hydrogens (tertiary/aromatic N) is 1. The van der Waals surface area contributed by atoms with Gasteiger partial charge in [0.2, 0.25) is 0 Å². The van der Waals surface area contributed by atoms with Crippen molar-refractivity contribution in [2.24, 2.45) is 0 Å². The van der Waals surface area contributed by atoms with Crippen LogP contribution in [0.2, 0.25) is 0 Å². The van der Waals surface area contributed by atoms with E-state index in [9.17, 15) is 8.42 Å². The molecule has 1 aliphatic rings. The highest BCUT2D eigenvalue weighted by Crippen LogP contribution is 2.41. The SMILES string of the molecule is CC(C)(S)c1ncc(C2CC2)cc1S(C)(=O)=O. The van der Waals surface area contributed by atoms with Crippen LogP contribution in [0.1, 0.15) is 43.9 Å². The molecule has 1 aromatic heterocycles. The summed E-state index contributed by atoms with van der Waals surface area (Å²) < 4.78 is 23.1. The molecule has 0 N–H and O–H groups in total. The van der Waals surface area contributed by atoms with Crippen LogP contribution in [0.25, 0.3) is 0 Å². The van der Waals surface area contributed by atoms with Gasteiger partial charge in [0.05, 0.1) is 15.3 Å². The number of hydrogen-bond acceptors (Lipinski definition) is 4. The molecule has 1 aromatic rings. The lowest BCUT2D eigenvalue weighted by Crippen LogP contribution is -2.16. The van der Waals surface area contributed by atoms with Crippen LogP contribution in [0.5, 0.6) is 0 Å². The van der Waals surface area contributed by atoms with Gasteiger partial charge in [-0.1, -0.05) is 0 Å². The lowest BCUT2D eigenvalue weighted by Gasteiger charge is -2.20. The summed E-state index contributed by atoms with van der Waals surface area (Å²) in [5.74, 6) is 0.500. The van der Waals surface area contributed by atoms with Gasteiger partial charge in [0.1, 0.15) is 0 Å². The Morgan fingerprint density at radius 2 is 2.00 bits per heavy atom. The largest absolute Gasteiger partial charge is 0.258 e. The summed E-state index contributed by atoms with van der Waals surface area (Å²) in [6.07, 6.45) is 5.28. The smallest absolute Gasteiger partial charge is 0.177 e. The molecule has 5 heteroatoms. The molecule has 0 aromatic carbocycles. The molecular weight excluding hydrogens is 254 g/mol. The molecule has 0 amide bonds. The Bertz CT molecular complexity index is 540. The third-order valence-electron chi connectivity index (χ3n) is 2.90. The van der Waals surface area contributed by atoms with E-state index in [1.807, 2.05) is 13.8 Å². The third kappa shape index (κ3) is 2.83. The molecule has 0 unspecified atom stereocenters. The molecule has 17 heavy (non-hydrogen) atoms. The van der Waals surface area contributed by atoms with Gasteiger partial charge in [0, 0.05) is 12.5 Å². The van der Waals surface area contributed by atoms with Crippen molar-refractivity contribution in [3.05, 3.63) is 23.5 Å². The van der Waals surface area contributed by atoms with Crippen LogP contribution in [-0.2, 0) is 14.6 Å². The molecule has 1 aliphatic carbocycles. The van der Waals surface area contributed by atoms with E-state index < -0.39 is 14.6 Å². The van der Waals surface area contributed by atoms with Crippen molar-refractivity contribution in [1.82, 2.24) is 4.98 Å². The molecular formula is C12H17NO2S2. The standard InChI is InChI=1S/C12H17NO2S2/c1-12(2,16)11-10(17(3,14)15)6-9(7-13-11)8-4-5-8/h6-8,16H,4-5H2,1-3H3. The van der Waals surface area contributed by atoms with E-state index in [0.717, 1.165) is 18.4 Å². The van der Waals surface area contributed by atoms with Gasteiger partial charge in [-0.25, -0.2) is 8.42 Å². The Balaban J connectivity index is 2.60. The lowest BCUT2D eigenvalue weighted by molar-refractivity contribution is 0.596. The normalized spacial score (nSPS) is 17.2. The van der Waals surface area contributed by atoms with Gasteiger partial charge in [0.15, 0.2) is 9.84 Å². The topological polar surface area (TPSA) is 47.0 Å². The van der Waals surface area contributed by atoms with Crippen LogP contribution >= 0.6 is 12.6 Å². The van der Waals surface area contributed by atoms with Crippen LogP contribution in [0.15, 0.2) is 17.2 Å². The number of pyridine rings is 1. The number of hydrogen-bond donors (Lipinski definition) is 1. The Morgan fingerprint density at radius 1 is 1.41 bits per heavy atom. The summed E-state index contributed by atoms with van der Waals surface area (Å²) in [6, 6.07) is 1.77. The lowest BCUT2D eigenvalue weighted by atomic mass is 10.1. The van der Waals surface area contributed by atoms with Crippen LogP contribution in [0.4, 0.5) is 0 Å². The van der Waals surface area contributed by atoms with Crippen molar-refractivity contribution >= 4 is 22.5 Å². The van der Waals surface area contributed by atoms with E-state index in [1.165, 1.54) is 6.26 Å². The highest BCUT2D eigenvalue weighted by atomic mass is 32.2. The predicted octanol–water partition coefficient (Wildman–Crippen LogP) is 2.53. The first-order chi connectivity index (χ1) is 7.69. The summed E-state index contributed by atoms with van der Waals surface area (Å²) in [4.78, 5) is 4.64. The first-order valence-electron chi connectivity index (χ1n) is 5.62. The highest BCUT2D eigenvalue weighted by Gasteiger charge is 2.30. The molecule has 1 fully saturated rings. The molecule has 0 saturated heterocycles. The monoisotopic (exact) mass is 271 g/mol. The maximum atomic E-state index is 11.8. The average Bonchev–Trinajstić information content (AvgIpc) is 2.97. The predicted molar refractivity (Wildman–Crippen MR) is 71.3 cm³/mol. The minimum absolute atomic E-state index is 0.321. The summed E-state index contributed by atoms with van der Waals surface area (Å²) in [6.45, 7) is 3.70. The second-order valence-corrected chi connectivity index (χ2v) is 8.32. The molecule has 0 bridgehead atoms. The first-order valence-corrected chi connectivity index (χ1v) is 7.96. The van der Waals surface area contributed by atoms with Crippen LogP contribution < -0.4 is 0 Å². The molecule has 0 spiro atoms. The fraction of sp³-hybridized carbons (Fsp3) is 0.583. The van der Waals surface area contributed by atoms with Crippen molar-refractivity contribution in [3.63, 3.8) is 0 Å². The molecule has 2 rings (SSSR count). The van der Waals surface area contributed by atoms with Crippen LogP contribution in [0, 0.1) is 0 Å². The number of rotatable bonds is 3. The van der Waals surface area contributed by atoms with Gasteiger partial charge in [-0.3, -0.25) is 4.98 Å². The molecule has 3 nitrogen and oxygen atoms in total. The summed E-state index contributed by atoms with van der Waals surface area (Å²) in [5.41, 5.74) is 1.57. The van der Waals surface area contributed by atoms with Crippen molar-refractivity contribution in [2.75, 3.05) is 6.26 Å². The minimum Gasteiger partial charge on any atom is -0.258 e. The average molecular weight is 271 g/mol. The van der Waals surface area contributed by atoms with Gasteiger partial charge >= 0.3 is 0 Å². The molecule has 1 heterocycles. The van der Waals surface area contributed by atoms with Crippen molar-refractivity contribution in [1.29, 1.82) is 0 Å². The van der Waals surface area contributed by atoms with E-state index in [4.69, 9.17) is 0 Å². The maximum absolute atomic E-state index is 11.8. The van der Waals surface area contributed by atoms with Gasteiger partial charge in [-0.05, 0) is 44.2 Å². The molecule has 0 aliphatic heterocycles. The molecule has 1 saturated carbocycles. The zero-order chi connectivity index (χ0) is 12.8. The number of sulfone groups is 1. The number of aromatic nitrogens is 1. The second-order valence-electron chi connectivity index (χ2n) is 5.22. The third-order valence-corrected chi connectivity index (χ3v) is 4.22. The first kappa shape index (κ1) is 12.9. The Hall–Kier alpha value is -0.550. The highest BCUT2D eigenvalue weighted by molar-refractivity contribution is 7.90. The summed E-state index contributed by atoms with van der Waals surface area (Å²) in [5, 5.41) is 0. The quantitative estimate of drug-likeness (QED) is 0.859. The second kappa shape index (κ2) is 3.99. The van der Waals surface area contributed by atoms with E-state index in [-0.39, 0.29) is 0 Å². The van der Waals surface area contributed by atoms with Gasteiger partial charge < -0.3 is 0 Å². The fourth-order valence-corrected chi connectivity index (χ4v) is 3.10. The van der Waals surface area contributed by atoms with Gasteiger partial charge in [-0.15, -0.1) is 0 Å². The summed E-state index contributed by atoms with van der Waals surface area (Å²) in [7, 11) is -3.26.